The number of nitrogens with zero attached hydrogens (tertiary/aromatic N) is 3. The minimum absolute atomic E-state index is 0.457. The first-order valence-corrected chi connectivity index (χ1v) is 22.1. The summed E-state index contributed by atoms with van der Waals surface area (Å²) in [6.45, 7) is 0. The summed E-state index contributed by atoms with van der Waals surface area (Å²) in [5.41, 5.74) is 9.93. The maximum absolute atomic E-state index is 8.36. The van der Waals surface area contributed by atoms with Gasteiger partial charge in [0.25, 0.3) is 5.19 Å². The average Bonchev–Trinajstić information content (AvgIpc) is 4.09. The number of para-hydroxylation sites is 3. The van der Waals surface area contributed by atoms with E-state index in [0.29, 0.717) is 12.9 Å². The molecule has 0 fully saturated rings. The van der Waals surface area contributed by atoms with Crippen molar-refractivity contribution in [2.24, 2.45) is 0 Å². The fourth-order valence-corrected chi connectivity index (χ4v) is 10.4. The Hall–Kier alpha value is -5.41. The normalized spacial score (nSPS) is 11.4. The molecule has 1 radical (unpaired) electrons. The zero-order valence-corrected chi connectivity index (χ0v) is 35.7. The largest absolute Gasteiger partial charge is 0.571 e. The first kappa shape index (κ1) is 36.9. The third-order valence-corrected chi connectivity index (χ3v) is 13.7. The first-order valence-electron chi connectivity index (χ1n) is 18.1. The molecule has 279 valence electrons. The number of hydrogen-bond donors (Lipinski definition) is 3. The second-order valence-electron chi connectivity index (χ2n) is 13.3. The molecule has 5 heterocycles. The number of H-pyrrole nitrogens is 2. The van der Waals surface area contributed by atoms with Gasteiger partial charge in [-0.05, 0) is 109 Å². The Morgan fingerprint density at radius 2 is 0.862 bits per heavy atom. The van der Waals surface area contributed by atoms with Gasteiger partial charge in [0.15, 0.2) is 0 Å². The van der Waals surface area contributed by atoms with Crippen LogP contribution in [0.1, 0.15) is 0 Å². The molecule has 0 saturated carbocycles. The van der Waals surface area contributed by atoms with Gasteiger partial charge >= 0.3 is 7.69 Å². The van der Waals surface area contributed by atoms with E-state index in [9.17, 15) is 0 Å². The fraction of sp³-hybridized carbons (Fsp3) is 0. The molecule has 0 aliphatic rings. The molecule has 12 rings (SSSR count). The first-order chi connectivity index (χ1) is 28.5. The van der Waals surface area contributed by atoms with Gasteiger partial charge in [-0.25, -0.2) is 15.0 Å². The van der Waals surface area contributed by atoms with Gasteiger partial charge in [0.2, 0.25) is 0 Å². The van der Waals surface area contributed by atoms with Crippen molar-refractivity contribution in [2.45, 2.75) is 0 Å². The number of halogens is 2. The van der Waals surface area contributed by atoms with Gasteiger partial charge in [0, 0.05) is 63.7 Å². The number of fused-ring (bicyclic) bond motifs is 9. The van der Waals surface area contributed by atoms with E-state index in [4.69, 9.17) is 19.6 Å². The van der Waals surface area contributed by atoms with Crippen molar-refractivity contribution in [3.8, 4) is 26.3 Å². The topological polar surface area (TPSA) is 99.7 Å². The molecular weight excluding hydrogens is 909 g/mol. The summed E-state index contributed by atoms with van der Waals surface area (Å²) in [6.07, 6.45) is 0. The number of hydrogen-bond acceptors (Lipinski definition) is 8. The van der Waals surface area contributed by atoms with Crippen molar-refractivity contribution in [1.29, 1.82) is 0 Å². The zero-order valence-electron chi connectivity index (χ0n) is 30.1. The second-order valence-corrected chi connectivity index (χ2v) is 18.2. The summed E-state index contributed by atoms with van der Waals surface area (Å²) in [5.74, 6) is 0. The molecule has 13 heteroatoms. The molecule has 5 aromatic heterocycles. The summed E-state index contributed by atoms with van der Waals surface area (Å²) in [4.78, 5) is 20.7. The fourth-order valence-electron chi connectivity index (χ4n) is 6.94. The van der Waals surface area contributed by atoms with Crippen LogP contribution in [0.15, 0.2) is 155 Å². The van der Waals surface area contributed by atoms with Crippen LogP contribution in [0.3, 0.4) is 0 Å². The van der Waals surface area contributed by atoms with Crippen LogP contribution >= 0.6 is 65.9 Å². The van der Waals surface area contributed by atoms with Gasteiger partial charge in [-0.3, -0.25) is 0 Å². The van der Waals surface area contributed by atoms with Crippen molar-refractivity contribution in [1.82, 2.24) is 24.9 Å². The van der Waals surface area contributed by atoms with Crippen molar-refractivity contribution in [3.63, 3.8) is 0 Å². The van der Waals surface area contributed by atoms with Gasteiger partial charge in [-0.15, -0.1) is 22.7 Å². The summed E-state index contributed by atoms with van der Waals surface area (Å²) in [7, 11) is 0.637. The summed E-state index contributed by atoms with van der Waals surface area (Å²) < 4.78 is 10.4. The van der Waals surface area contributed by atoms with Crippen molar-refractivity contribution in [3.05, 3.63) is 155 Å². The van der Waals surface area contributed by atoms with Gasteiger partial charge < -0.3 is 19.6 Å². The van der Waals surface area contributed by atoms with E-state index in [1.54, 1.807) is 22.7 Å². The minimum Gasteiger partial charge on any atom is -0.515 e. The monoisotopic (exact) mass is 934 g/mol. The summed E-state index contributed by atoms with van der Waals surface area (Å²) in [5, 5.41) is 15.9. The van der Waals surface area contributed by atoms with Crippen LogP contribution in [0.4, 0.5) is 0 Å². The van der Waals surface area contributed by atoms with E-state index in [-0.39, 0.29) is 0 Å². The molecule has 0 unspecified atom stereocenters. The Labute approximate surface area is 360 Å². The molecule has 0 bridgehead atoms. The average molecular weight is 937 g/mol. The van der Waals surface area contributed by atoms with Crippen LogP contribution < -0.4 is 4.65 Å². The Morgan fingerprint density at radius 1 is 0.466 bits per heavy atom. The van der Waals surface area contributed by atoms with Crippen LogP contribution in [-0.2, 0) is 0 Å². The minimum atomic E-state index is 0.457. The van der Waals surface area contributed by atoms with Crippen LogP contribution in [0.2, 0.25) is 0 Å². The van der Waals surface area contributed by atoms with Gasteiger partial charge in [-0.1, -0.05) is 79.6 Å². The lowest BCUT2D eigenvalue weighted by Crippen LogP contribution is -1.98. The molecule has 0 spiro atoms. The Morgan fingerprint density at radius 3 is 1.29 bits per heavy atom. The molecule has 58 heavy (non-hydrogen) atoms. The van der Waals surface area contributed by atoms with Crippen molar-refractivity contribution < 1.29 is 9.68 Å². The van der Waals surface area contributed by atoms with Crippen molar-refractivity contribution >= 4 is 148 Å². The van der Waals surface area contributed by atoms with Crippen molar-refractivity contribution in [2.75, 3.05) is 0 Å². The standard InChI is InChI=1S/C26H15N3S2.C12H7Br2N.C7H5BNO2S/c1-3-7-23-21(5-1)28-25(30-23)15-9-11-19-17(13-15)18-14-16(10-12-20(18)27-19)26-29-22-6-2-4-8-24(22)31-26;13-7-1-3-11-9(5-7)10-6-8(14)2-4-12(10)15-11;10-8-11-7-9-5-3-1-2-4-6(5)12-7/h1-14,27H;1-6,15H;1-4,10H. The molecule has 0 amide bonds. The summed E-state index contributed by atoms with van der Waals surface area (Å²) >= 11 is 11.9. The number of nitrogens with one attached hydrogen (secondary N) is 2. The highest BCUT2D eigenvalue weighted by Crippen LogP contribution is 2.37. The zero-order chi connectivity index (χ0) is 39.2. The quantitative estimate of drug-likeness (QED) is 0.153. The molecule has 12 aromatic rings. The highest BCUT2D eigenvalue weighted by molar-refractivity contribution is 9.10. The Kier molecular flexibility index (Phi) is 10.0. The number of benzene rings is 7. The van der Waals surface area contributed by atoms with Gasteiger partial charge in [-0.2, -0.15) is 0 Å². The lowest BCUT2D eigenvalue weighted by atomic mass is 10.1. The molecule has 0 atom stereocenters. The maximum atomic E-state index is 8.36. The Balaban J connectivity index is 0.000000125. The molecule has 7 nitrogen and oxygen atoms in total. The van der Waals surface area contributed by atoms with E-state index in [1.807, 2.05) is 48.5 Å². The van der Waals surface area contributed by atoms with Crippen LogP contribution in [0.5, 0.6) is 5.19 Å². The highest BCUT2D eigenvalue weighted by Gasteiger charge is 2.13. The third-order valence-electron chi connectivity index (χ3n) is 9.63. The van der Waals surface area contributed by atoms with Gasteiger partial charge in [0.05, 0.1) is 30.6 Å². The molecule has 7 aromatic carbocycles. The van der Waals surface area contributed by atoms with E-state index < -0.39 is 0 Å². The molecule has 0 aliphatic heterocycles. The maximum Gasteiger partial charge on any atom is 0.571 e. The number of aromatic nitrogens is 5. The predicted octanol–water partition coefficient (Wildman–Crippen LogP) is 13.9. The van der Waals surface area contributed by atoms with E-state index in [0.717, 1.165) is 62.4 Å². The number of rotatable bonds is 4. The Bertz CT molecular complexity index is 3160. The second kappa shape index (κ2) is 15.7. The molecule has 0 saturated heterocycles. The molecular formula is C45H27BBr2N5O2S3. The van der Waals surface area contributed by atoms with E-state index in [1.165, 1.54) is 53.3 Å². The van der Waals surface area contributed by atoms with Crippen LogP contribution in [0, 0.1) is 0 Å². The van der Waals surface area contributed by atoms with E-state index >= 15 is 0 Å². The third kappa shape index (κ3) is 7.30. The smallest absolute Gasteiger partial charge is 0.515 e. The number of aromatic amines is 2. The van der Waals surface area contributed by atoms with Crippen LogP contribution in [0.25, 0.3) is 95.4 Å². The van der Waals surface area contributed by atoms with Crippen LogP contribution in [-0.4, -0.2) is 37.6 Å². The SMILES string of the molecule is Brc1ccc2[nH]c3ccc(Br)cc3c2c1.O[B]Oc1nc2ccccc2s1.c1ccc2sc(-c3ccc4[nH]c5ccc(-c6nc7ccccc7s6)cc5c4c3)nc2c1. The lowest BCUT2D eigenvalue weighted by Gasteiger charge is -1.99. The molecule has 0 aliphatic carbocycles. The van der Waals surface area contributed by atoms with E-state index in [2.05, 4.69) is 144 Å². The molecule has 3 N–H and O–H groups in total. The lowest BCUT2D eigenvalue weighted by molar-refractivity contribution is 0.452. The number of thiazole rings is 3. The predicted molar refractivity (Wildman–Crippen MR) is 252 cm³/mol. The highest BCUT2D eigenvalue weighted by atomic mass is 79.9. The summed E-state index contributed by atoms with van der Waals surface area (Å²) in [6, 6.07) is 50.0. The van der Waals surface area contributed by atoms with Gasteiger partial charge in [0.1, 0.15) is 10.0 Å².